The molecule has 3 rings (SSSR count). The molecule has 0 atom stereocenters. The molecule has 0 N–H and O–H groups in total. The number of carbonyl (C=O) groups is 1. The number of amides is 1. The fraction of sp³-hybridized carbons (Fsp3) is 0.368. The van der Waals surface area contributed by atoms with E-state index in [4.69, 9.17) is 5.26 Å². The highest BCUT2D eigenvalue weighted by Gasteiger charge is 2.18. The van der Waals surface area contributed by atoms with Gasteiger partial charge in [-0.2, -0.15) is 5.26 Å². The highest BCUT2D eigenvalue weighted by atomic mass is 16.2. The van der Waals surface area contributed by atoms with Crippen LogP contribution in [-0.4, -0.2) is 40.4 Å². The lowest BCUT2D eigenvalue weighted by molar-refractivity contribution is 0.0744. The van der Waals surface area contributed by atoms with E-state index >= 15 is 0 Å². The number of nitrogens with zero attached hydrogens (tertiary/aromatic N) is 5. The molecule has 0 saturated carbocycles. The fourth-order valence-electron chi connectivity index (χ4n) is 2.95. The lowest BCUT2D eigenvalue weighted by atomic mass is 10.2. The fourth-order valence-corrected chi connectivity index (χ4v) is 2.95. The molecule has 1 fully saturated rings. The van der Waals surface area contributed by atoms with E-state index in [1.54, 1.807) is 17.3 Å². The Hall–Kier alpha value is -2.94. The summed E-state index contributed by atoms with van der Waals surface area (Å²) in [5.74, 6) is 0.795. The molecule has 6 nitrogen and oxygen atoms in total. The van der Waals surface area contributed by atoms with E-state index in [2.05, 4.69) is 20.9 Å². The van der Waals surface area contributed by atoms with Gasteiger partial charge in [-0.15, -0.1) is 0 Å². The van der Waals surface area contributed by atoms with Crippen LogP contribution in [-0.2, 0) is 6.54 Å². The summed E-state index contributed by atoms with van der Waals surface area (Å²) < 4.78 is 0. The van der Waals surface area contributed by atoms with Gasteiger partial charge in [-0.05, 0) is 37.1 Å². The Morgan fingerprint density at radius 1 is 1.20 bits per heavy atom. The van der Waals surface area contributed by atoms with Crippen molar-refractivity contribution in [2.24, 2.45) is 0 Å². The average Bonchev–Trinajstić information content (AvgIpc) is 3.20. The molecule has 0 unspecified atom stereocenters. The van der Waals surface area contributed by atoms with Crippen molar-refractivity contribution in [1.29, 1.82) is 5.26 Å². The molecule has 1 saturated heterocycles. The molecule has 2 aromatic rings. The lowest BCUT2D eigenvalue weighted by Crippen LogP contribution is -2.32. The second-order valence-corrected chi connectivity index (χ2v) is 6.06. The lowest BCUT2D eigenvalue weighted by Gasteiger charge is -2.22. The number of hydrogen-bond acceptors (Lipinski definition) is 5. The van der Waals surface area contributed by atoms with Gasteiger partial charge in [0.1, 0.15) is 5.82 Å². The predicted octanol–water partition coefficient (Wildman–Crippen LogP) is 2.63. The standard InChI is InChI=1S/C19H21N5O/c20-9-5-13-24(15-17-6-1-2-10-21-17)19(25)16-7-8-18(22-14-16)23-11-3-4-12-23/h1-2,6-8,10,14H,3-5,11-13,15H2. The van der Waals surface area contributed by atoms with Crippen molar-refractivity contribution in [3.63, 3.8) is 0 Å². The Morgan fingerprint density at radius 3 is 2.68 bits per heavy atom. The quantitative estimate of drug-likeness (QED) is 0.811. The molecule has 0 spiro atoms. The third kappa shape index (κ3) is 4.32. The van der Waals surface area contributed by atoms with Crippen molar-refractivity contribution in [3.8, 4) is 6.07 Å². The molecular formula is C19H21N5O. The number of pyridine rings is 2. The molecule has 128 valence electrons. The first-order chi connectivity index (χ1) is 12.3. The van der Waals surface area contributed by atoms with Crippen LogP contribution in [0.4, 0.5) is 5.82 Å². The van der Waals surface area contributed by atoms with Gasteiger partial charge >= 0.3 is 0 Å². The van der Waals surface area contributed by atoms with Crippen molar-refractivity contribution in [3.05, 3.63) is 54.0 Å². The summed E-state index contributed by atoms with van der Waals surface area (Å²) >= 11 is 0. The molecule has 0 radical (unpaired) electrons. The van der Waals surface area contributed by atoms with Crippen molar-refractivity contribution < 1.29 is 4.79 Å². The maximum Gasteiger partial charge on any atom is 0.255 e. The molecule has 2 aromatic heterocycles. The van der Waals surface area contributed by atoms with Crippen LogP contribution in [0.25, 0.3) is 0 Å². The minimum atomic E-state index is -0.124. The van der Waals surface area contributed by atoms with Crippen LogP contribution in [0.1, 0.15) is 35.3 Å². The smallest absolute Gasteiger partial charge is 0.255 e. The number of anilines is 1. The van der Waals surface area contributed by atoms with Crippen LogP contribution < -0.4 is 4.90 Å². The van der Waals surface area contributed by atoms with E-state index < -0.39 is 0 Å². The van der Waals surface area contributed by atoms with Crippen molar-refractivity contribution in [2.45, 2.75) is 25.8 Å². The highest BCUT2D eigenvalue weighted by Crippen LogP contribution is 2.18. The van der Waals surface area contributed by atoms with Crippen LogP contribution in [0.2, 0.25) is 0 Å². The monoisotopic (exact) mass is 335 g/mol. The maximum absolute atomic E-state index is 12.8. The summed E-state index contributed by atoms with van der Waals surface area (Å²) in [6, 6.07) is 11.4. The van der Waals surface area contributed by atoms with Crippen LogP contribution in [0, 0.1) is 11.3 Å². The SMILES string of the molecule is N#CCCN(Cc1ccccn1)C(=O)c1ccc(N2CCCC2)nc1. The van der Waals surface area contributed by atoms with Gasteiger partial charge in [-0.25, -0.2) is 4.98 Å². The molecule has 0 bridgehead atoms. The summed E-state index contributed by atoms with van der Waals surface area (Å²) in [5, 5.41) is 8.87. The zero-order chi connectivity index (χ0) is 17.5. The Bertz CT molecular complexity index is 733. The summed E-state index contributed by atoms with van der Waals surface area (Å²) in [7, 11) is 0. The first kappa shape index (κ1) is 16.9. The van der Waals surface area contributed by atoms with Gasteiger partial charge in [0.25, 0.3) is 5.91 Å². The minimum absolute atomic E-state index is 0.124. The summed E-state index contributed by atoms with van der Waals surface area (Å²) in [6.45, 7) is 2.80. The van der Waals surface area contributed by atoms with E-state index in [-0.39, 0.29) is 12.3 Å². The van der Waals surface area contributed by atoms with Gasteiger partial charge in [0.15, 0.2) is 0 Å². The van der Waals surface area contributed by atoms with Gasteiger partial charge < -0.3 is 9.80 Å². The van der Waals surface area contributed by atoms with Gasteiger partial charge in [0, 0.05) is 32.0 Å². The molecule has 1 aliphatic rings. The Morgan fingerprint density at radius 2 is 2.04 bits per heavy atom. The topological polar surface area (TPSA) is 73.1 Å². The van der Waals surface area contributed by atoms with Crippen molar-refractivity contribution in [2.75, 3.05) is 24.5 Å². The normalized spacial score (nSPS) is 13.5. The zero-order valence-electron chi connectivity index (χ0n) is 14.1. The van der Waals surface area contributed by atoms with Crippen LogP contribution >= 0.6 is 0 Å². The largest absolute Gasteiger partial charge is 0.357 e. The first-order valence-electron chi connectivity index (χ1n) is 8.55. The summed E-state index contributed by atoms with van der Waals surface area (Å²) in [6.07, 6.45) is 6.00. The van der Waals surface area contributed by atoms with Crippen LogP contribution in [0.15, 0.2) is 42.7 Å². The highest BCUT2D eigenvalue weighted by molar-refractivity contribution is 5.94. The van der Waals surface area contributed by atoms with Gasteiger partial charge in [0.2, 0.25) is 0 Å². The van der Waals surface area contributed by atoms with E-state index in [1.165, 1.54) is 12.8 Å². The number of aromatic nitrogens is 2. The number of rotatable bonds is 6. The first-order valence-corrected chi connectivity index (χ1v) is 8.55. The van der Waals surface area contributed by atoms with Crippen LogP contribution in [0.3, 0.4) is 0 Å². The van der Waals surface area contributed by atoms with E-state index in [0.29, 0.717) is 18.7 Å². The summed E-state index contributed by atoms with van der Waals surface area (Å²) in [5.41, 5.74) is 1.34. The average molecular weight is 335 g/mol. The second-order valence-electron chi connectivity index (χ2n) is 6.06. The number of hydrogen-bond donors (Lipinski definition) is 0. The zero-order valence-corrected chi connectivity index (χ0v) is 14.1. The Kier molecular flexibility index (Phi) is 5.57. The number of carbonyl (C=O) groups excluding carboxylic acids is 1. The van der Waals surface area contributed by atoms with E-state index in [0.717, 1.165) is 24.6 Å². The Labute approximate surface area is 147 Å². The van der Waals surface area contributed by atoms with Crippen molar-refractivity contribution in [1.82, 2.24) is 14.9 Å². The number of nitriles is 1. The van der Waals surface area contributed by atoms with Gasteiger partial charge in [-0.1, -0.05) is 6.07 Å². The third-order valence-corrected chi connectivity index (χ3v) is 4.28. The molecule has 0 aromatic carbocycles. The van der Waals surface area contributed by atoms with Gasteiger partial charge in [0.05, 0.1) is 30.3 Å². The van der Waals surface area contributed by atoms with E-state index in [1.807, 2.05) is 30.3 Å². The molecule has 6 heteroatoms. The van der Waals surface area contributed by atoms with Crippen molar-refractivity contribution >= 4 is 11.7 Å². The minimum Gasteiger partial charge on any atom is -0.357 e. The molecule has 1 aliphatic heterocycles. The molecule has 25 heavy (non-hydrogen) atoms. The molecule has 1 amide bonds. The Balaban J connectivity index is 1.73. The molecule has 0 aliphatic carbocycles. The van der Waals surface area contributed by atoms with E-state index in [9.17, 15) is 4.79 Å². The second kappa shape index (κ2) is 8.25. The molecule has 3 heterocycles. The summed E-state index contributed by atoms with van der Waals surface area (Å²) in [4.78, 5) is 25.4. The van der Waals surface area contributed by atoms with Gasteiger partial charge in [-0.3, -0.25) is 9.78 Å². The predicted molar refractivity (Wildman–Crippen MR) is 94.9 cm³/mol. The molecular weight excluding hydrogens is 314 g/mol. The van der Waals surface area contributed by atoms with Crippen LogP contribution in [0.5, 0.6) is 0 Å². The third-order valence-electron chi connectivity index (χ3n) is 4.28. The maximum atomic E-state index is 12.8.